The lowest BCUT2D eigenvalue weighted by Crippen LogP contribution is -2.46. The molecule has 0 radical (unpaired) electrons. The third-order valence-electron chi connectivity index (χ3n) is 5.24. The largest absolute Gasteiger partial charge is 0.336 e. The molecule has 7 heteroatoms. The first kappa shape index (κ1) is 14.1. The molecule has 3 unspecified atom stereocenters. The van der Waals surface area contributed by atoms with Crippen molar-refractivity contribution in [2.24, 2.45) is 17.1 Å². The van der Waals surface area contributed by atoms with Crippen molar-refractivity contribution in [3.8, 4) is 0 Å². The molecule has 114 valence electrons. The minimum atomic E-state index is -0.538. The number of fused-ring (bicyclic) bond motifs is 1. The Morgan fingerprint density at radius 3 is 2.62 bits per heavy atom. The van der Waals surface area contributed by atoms with Crippen LogP contribution in [0.2, 0.25) is 0 Å². The van der Waals surface area contributed by atoms with Crippen molar-refractivity contribution >= 4 is 11.2 Å². The molecule has 0 aliphatic heterocycles. The molecule has 2 heterocycles. The molecule has 0 spiro atoms. The molecular weight excluding hydrogens is 270 g/mol. The number of aromatic nitrogens is 4. The lowest BCUT2D eigenvalue weighted by atomic mass is 9.61. The number of imidazole rings is 1. The van der Waals surface area contributed by atoms with Gasteiger partial charge in [0.2, 0.25) is 0 Å². The van der Waals surface area contributed by atoms with Gasteiger partial charge in [0, 0.05) is 12.0 Å². The average Bonchev–Trinajstić information content (AvgIpc) is 2.79. The van der Waals surface area contributed by atoms with Crippen LogP contribution in [-0.2, 0) is 0 Å². The topological polar surface area (TPSA) is 120 Å². The van der Waals surface area contributed by atoms with Crippen LogP contribution in [0, 0.1) is 11.3 Å². The molecule has 1 aliphatic rings. The van der Waals surface area contributed by atoms with Crippen molar-refractivity contribution in [1.82, 2.24) is 19.9 Å². The Morgan fingerprint density at radius 2 is 1.90 bits per heavy atom. The van der Waals surface area contributed by atoms with Gasteiger partial charge in [0.25, 0.3) is 5.56 Å². The second-order valence-electron chi connectivity index (χ2n) is 6.66. The van der Waals surface area contributed by atoms with E-state index in [1.165, 1.54) is 0 Å². The van der Waals surface area contributed by atoms with Crippen LogP contribution in [-0.4, -0.2) is 26.0 Å². The monoisotopic (exact) mass is 291 g/mol. The fourth-order valence-corrected chi connectivity index (χ4v) is 3.46. The average molecular weight is 291 g/mol. The number of hydrogen-bond donors (Lipinski definition) is 4. The maximum atomic E-state index is 11.8. The maximum Gasteiger partial charge on any atom is 0.327 e. The highest BCUT2D eigenvalue weighted by Gasteiger charge is 2.43. The Balaban J connectivity index is 2.10. The minimum Gasteiger partial charge on any atom is -0.336 e. The summed E-state index contributed by atoms with van der Waals surface area (Å²) in [7, 11) is 0. The number of hydrogen-bond acceptors (Lipinski definition) is 4. The van der Waals surface area contributed by atoms with Gasteiger partial charge < -0.3 is 10.7 Å². The Labute approximate surface area is 121 Å². The standard InChI is InChI=1S/C14H21N5O2/c1-6-8(15)5-4-7(14(6,2)3)10-16-9-11(17-10)18-13(21)19-12(9)20/h6-8H,4-5,15H2,1-3H3,(H3,16,17,18,19,20,21). The number of nitrogens with two attached hydrogens (primary N) is 1. The van der Waals surface area contributed by atoms with Crippen LogP contribution in [0.1, 0.15) is 45.4 Å². The van der Waals surface area contributed by atoms with Crippen LogP contribution < -0.4 is 17.0 Å². The van der Waals surface area contributed by atoms with Crippen molar-refractivity contribution in [1.29, 1.82) is 0 Å². The van der Waals surface area contributed by atoms with Crippen LogP contribution in [0.15, 0.2) is 9.59 Å². The quantitative estimate of drug-likeness (QED) is 0.621. The van der Waals surface area contributed by atoms with Gasteiger partial charge in [-0.05, 0) is 24.2 Å². The molecule has 1 aliphatic carbocycles. The Morgan fingerprint density at radius 1 is 1.19 bits per heavy atom. The van der Waals surface area contributed by atoms with Gasteiger partial charge in [-0.3, -0.25) is 14.8 Å². The highest BCUT2D eigenvalue weighted by molar-refractivity contribution is 5.68. The van der Waals surface area contributed by atoms with Gasteiger partial charge in [-0.15, -0.1) is 0 Å². The molecule has 0 amide bonds. The minimum absolute atomic E-state index is 0.0292. The van der Waals surface area contributed by atoms with Crippen molar-refractivity contribution in [3.63, 3.8) is 0 Å². The molecule has 3 atom stereocenters. The first-order chi connectivity index (χ1) is 9.80. The number of nitrogens with one attached hydrogen (secondary N) is 3. The van der Waals surface area contributed by atoms with Crippen molar-refractivity contribution in [3.05, 3.63) is 26.7 Å². The third-order valence-corrected chi connectivity index (χ3v) is 5.24. The predicted octanol–water partition coefficient (Wildman–Crippen LogP) is 0.806. The molecule has 0 aromatic carbocycles. The van der Waals surface area contributed by atoms with Crippen LogP contribution in [0.4, 0.5) is 0 Å². The van der Waals surface area contributed by atoms with Crippen molar-refractivity contribution < 1.29 is 0 Å². The first-order valence-corrected chi connectivity index (χ1v) is 7.28. The Kier molecular flexibility index (Phi) is 3.05. The lowest BCUT2D eigenvalue weighted by molar-refractivity contribution is 0.0954. The van der Waals surface area contributed by atoms with E-state index < -0.39 is 11.2 Å². The normalized spacial score (nSPS) is 28.9. The summed E-state index contributed by atoms with van der Waals surface area (Å²) in [5.41, 5.74) is 5.81. The maximum absolute atomic E-state index is 11.8. The predicted molar refractivity (Wildman–Crippen MR) is 80.2 cm³/mol. The zero-order valence-electron chi connectivity index (χ0n) is 12.5. The summed E-state index contributed by atoms with van der Waals surface area (Å²) < 4.78 is 0. The number of H-pyrrole nitrogens is 3. The summed E-state index contributed by atoms with van der Waals surface area (Å²) in [4.78, 5) is 35.4. The summed E-state index contributed by atoms with van der Waals surface area (Å²) in [5.74, 6) is 1.28. The van der Waals surface area contributed by atoms with E-state index >= 15 is 0 Å². The molecule has 0 bridgehead atoms. The van der Waals surface area contributed by atoms with Gasteiger partial charge in [0.1, 0.15) is 11.3 Å². The molecule has 1 saturated carbocycles. The molecule has 5 N–H and O–H groups in total. The van der Waals surface area contributed by atoms with E-state index in [1.54, 1.807) is 0 Å². The van der Waals surface area contributed by atoms with E-state index in [-0.39, 0.29) is 17.4 Å². The molecule has 3 rings (SSSR count). The van der Waals surface area contributed by atoms with E-state index in [1.807, 2.05) is 0 Å². The Bertz CT molecular complexity index is 784. The third kappa shape index (κ3) is 2.12. The summed E-state index contributed by atoms with van der Waals surface area (Å²) in [5, 5.41) is 0. The smallest absolute Gasteiger partial charge is 0.327 e. The molecular formula is C14H21N5O2. The van der Waals surface area contributed by atoms with Crippen LogP contribution in [0.25, 0.3) is 11.2 Å². The second-order valence-corrected chi connectivity index (χ2v) is 6.66. The van der Waals surface area contributed by atoms with Gasteiger partial charge in [-0.25, -0.2) is 9.78 Å². The van der Waals surface area contributed by atoms with Crippen LogP contribution in [0.3, 0.4) is 0 Å². The molecule has 7 nitrogen and oxygen atoms in total. The highest BCUT2D eigenvalue weighted by atomic mass is 16.2. The van der Waals surface area contributed by atoms with E-state index in [0.29, 0.717) is 17.1 Å². The van der Waals surface area contributed by atoms with Crippen molar-refractivity contribution in [2.45, 2.75) is 45.6 Å². The van der Waals surface area contributed by atoms with Crippen molar-refractivity contribution in [2.75, 3.05) is 0 Å². The number of aromatic amines is 3. The fourth-order valence-electron chi connectivity index (χ4n) is 3.46. The van der Waals surface area contributed by atoms with Crippen LogP contribution >= 0.6 is 0 Å². The molecule has 1 fully saturated rings. The fraction of sp³-hybridized carbons (Fsp3) is 0.643. The summed E-state index contributed by atoms with van der Waals surface area (Å²) in [6.07, 6.45) is 1.85. The zero-order chi connectivity index (χ0) is 15.4. The first-order valence-electron chi connectivity index (χ1n) is 7.28. The lowest BCUT2D eigenvalue weighted by Gasteiger charge is -2.46. The van der Waals surface area contributed by atoms with Gasteiger partial charge in [-0.2, -0.15) is 0 Å². The van der Waals surface area contributed by atoms with Gasteiger partial charge in [0.15, 0.2) is 5.65 Å². The summed E-state index contributed by atoms with van der Waals surface area (Å²) >= 11 is 0. The molecule has 2 aromatic rings. The van der Waals surface area contributed by atoms with E-state index in [9.17, 15) is 9.59 Å². The zero-order valence-corrected chi connectivity index (χ0v) is 12.5. The number of rotatable bonds is 1. The Hall–Kier alpha value is -1.89. The van der Waals surface area contributed by atoms with E-state index in [2.05, 4.69) is 40.7 Å². The summed E-state index contributed by atoms with van der Waals surface area (Å²) in [6.45, 7) is 6.52. The van der Waals surface area contributed by atoms with Crippen LogP contribution in [0.5, 0.6) is 0 Å². The van der Waals surface area contributed by atoms with Gasteiger partial charge in [0.05, 0.1) is 0 Å². The molecule has 2 aromatic heterocycles. The van der Waals surface area contributed by atoms with E-state index in [0.717, 1.165) is 18.7 Å². The van der Waals surface area contributed by atoms with Gasteiger partial charge >= 0.3 is 5.69 Å². The molecule has 0 saturated heterocycles. The number of nitrogens with zero attached hydrogens (tertiary/aromatic N) is 1. The SMILES string of the molecule is CC1C(N)CCC(c2nc3[nH]c(=O)[nH]c(=O)c3[nH]2)C1(C)C. The molecule has 21 heavy (non-hydrogen) atoms. The van der Waals surface area contributed by atoms with Gasteiger partial charge in [-0.1, -0.05) is 20.8 Å². The highest BCUT2D eigenvalue weighted by Crippen LogP contribution is 2.48. The summed E-state index contributed by atoms with van der Waals surface area (Å²) in [6, 6.07) is 0.184. The van der Waals surface area contributed by atoms with E-state index in [4.69, 9.17) is 5.73 Å². The second kappa shape index (κ2) is 4.56.